The van der Waals surface area contributed by atoms with Crippen LogP contribution in [0.2, 0.25) is 0 Å². The van der Waals surface area contributed by atoms with Gasteiger partial charge in [-0.3, -0.25) is 4.98 Å². The number of fused-ring (bicyclic) bond motifs is 1. The van der Waals surface area contributed by atoms with Gasteiger partial charge in [0, 0.05) is 17.6 Å². The summed E-state index contributed by atoms with van der Waals surface area (Å²) in [6, 6.07) is 6.49. The van der Waals surface area contributed by atoms with Crippen LogP contribution in [-0.4, -0.2) is 30.2 Å². The molecule has 176 valence electrons. The monoisotopic (exact) mass is 492 g/mol. The van der Waals surface area contributed by atoms with Gasteiger partial charge in [-0.05, 0) is 43.7 Å². The van der Waals surface area contributed by atoms with E-state index in [9.17, 15) is 31.2 Å². The molecule has 0 saturated carbocycles. The van der Waals surface area contributed by atoms with Crippen LogP contribution in [0.15, 0.2) is 58.4 Å². The van der Waals surface area contributed by atoms with E-state index in [0.717, 1.165) is 12.3 Å². The largest absolute Gasteiger partial charge is 0.470 e. The minimum atomic E-state index is -4.76. The van der Waals surface area contributed by atoms with Gasteiger partial charge in [0.15, 0.2) is 0 Å². The highest BCUT2D eigenvalue weighted by atomic mass is 32.2. The minimum absolute atomic E-state index is 0.0852. The second-order valence-corrected chi connectivity index (χ2v) is 9.25. The molecule has 1 N–H and O–H groups in total. The van der Waals surface area contributed by atoms with Crippen molar-refractivity contribution in [3.05, 3.63) is 66.0 Å². The number of hydrogen-bond donors (Lipinski definition) is 1. The van der Waals surface area contributed by atoms with E-state index in [2.05, 4.69) is 4.98 Å². The zero-order chi connectivity index (χ0) is 24.8. The lowest BCUT2D eigenvalue weighted by Gasteiger charge is -2.17. The Hall–Kier alpha value is -3.69. The molecule has 0 bridgehead atoms. The third-order valence-corrected chi connectivity index (χ3v) is 6.76. The van der Waals surface area contributed by atoms with Crippen molar-refractivity contribution in [1.29, 1.82) is 5.26 Å². The zero-order valence-electron chi connectivity index (χ0n) is 17.7. The normalized spacial score (nSPS) is 13.2. The van der Waals surface area contributed by atoms with Gasteiger partial charge >= 0.3 is 6.18 Å². The third kappa shape index (κ3) is 4.04. The van der Waals surface area contributed by atoms with Crippen LogP contribution in [0.4, 0.5) is 17.6 Å². The predicted molar refractivity (Wildman–Crippen MR) is 114 cm³/mol. The van der Waals surface area contributed by atoms with Gasteiger partial charge in [0.1, 0.15) is 29.1 Å². The third-order valence-electron chi connectivity index (χ3n) is 5.24. The van der Waals surface area contributed by atoms with Crippen molar-refractivity contribution in [2.45, 2.75) is 31.0 Å². The molecular weight excluding hydrogens is 476 g/mol. The maximum atomic E-state index is 14.3. The number of sulfonamides is 1. The topological polar surface area (TPSA) is 101 Å². The summed E-state index contributed by atoms with van der Waals surface area (Å²) in [6.45, 7) is 2.25. The van der Waals surface area contributed by atoms with Crippen molar-refractivity contribution in [2.75, 3.05) is 0 Å². The zero-order valence-corrected chi connectivity index (χ0v) is 18.5. The molecule has 0 aliphatic heterocycles. The number of alkyl halides is 3. The first-order valence-electron chi connectivity index (χ1n) is 9.76. The van der Waals surface area contributed by atoms with Crippen LogP contribution >= 0.6 is 0 Å². The smallest absolute Gasteiger partial charge is 0.404 e. The lowest BCUT2D eigenvalue weighted by Crippen LogP contribution is -2.42. The van der Waals surface area contributed by atoms with Crippen LogP contribution in [-0.2, 0) is 10.0 Å². The van der Waals surface area contributed by atoms with Crippen molar-refractivity contribution >= 4 is 20.9 Å². The molecule has 1 aromatic carbocycles. The molecule has 3 heterocycles. The van der Waals surface area contributed by atoms with E-state index in [4.69, 9.17) is 4.42 Å². The summed E-state index contributed by atoms with van der Waals surface area (Å²) in [5.74, 6) is -0.515. The van der Waals surface area contributed by atoms with Crippen molar-refractivity contribution in [1.82, 2.24) is 14.3 Å². The van der Waals surface area contributed by atoms with Gasteiger partial charge < -0.3 is 8.98 Å². The Kier molecular flexibility index (Phi) is 5.71. The summed E-state index contributed by atoms with van der Waals surface area (Å²) in [4.78, 5) is 3.62. The lowest BCUT2D eigenvalue weighted by molar-refractivity contribution is -0.147. The van der Waals surface area contributed by atoms with E-state index in [1.54, 1.807) is 28.3 Å². The molecule has 3 aromatic heterocycles. The Morgan fingerprint density at radius 2 is 1.97 bits per heavy atom. The van der Waals surface area contributed by atoms with Crippen LogP contribution in [0.5, 0.6) is 0 Å². The molecule has 34 heavy (non-hydrogen) atoms. The number of furan rings is 1. The van der Waals surface area contributed by atoms with Gasteiger partial charge in [-0.15, -0.1) is 0 Å². The molecule has 0 spiro atoms. The fraction of sp³-hybridized carbons (Fsp3) is 0.182. The van der Waals surface area contributed by atoms with Crippen LogP contribution < -0.4 is 4.72 Å². The molecule has 0 amide bonds. The van der Waals surface area contributed by atoms with Crippen molar-refractivity contribution in [3.8, 4) is 23.1 Å². The van der Waals surface area contributed by atoms with Crippen molar-refractivity contribution in [3.63, 3.8) is 0 Å². The molecule has 12 heteroatoms. The number of aromatic nitrogens is 2. The second-order valence-electron chi connectivity index (χ2n) is 7.53. The number of pyridine rings is 1. The van der Waals surface area contributed by atoms with Crippen LogP contribution in [0.1, 0.15) is 18.1 Å². The number of aryl methyl sites for hydroxylation is 1. The van der Waals surface area contributed by atoms with E-state index in [0.29, 0.717) is 29.1 Å². The summed E-state index contributed by atoms with van der Waals surface area (Å²) in [5, 5.41) is 10.2. The molecule has 0 unspecified atom stereocenters. The number of rotatable bonds is 5. The molecule has 4 rings (SSSR count). The van der Waals surface area contributed by atoms with Crippen LogP contribution in [0.25, 0.3) is 28.0 Å². The Morgan fingerprint density at radius 3 is 2.53 bits per heavy atom. The van der Waals surface area contributed by atoms with Gasteiger partial charge in [-0.2, -0.15) is 23.2 Å². The van der Waals surface area contributed by atoms with E-state index in [1.165, 1.54) is 24.7 Å². The quantitative estimate of drug-likeness (QED) is 0.402. The summed E-state index contributed by atoms with van der Waals surface area (Å²) in [6.07, 6.45) is -1.06. The number of halogens is 4. The van der Waals surface area contributed by atoms with Gasteiger partial charge in [0.25, 0.3) is 0 Å². The number of hydrogen-bond acceptors (Lipinski definition) is 5. The Morgan fingerprint density at radius 1 is 1.24 bits per heavy atom. The van der Waals surface area contributed by atoms with Crippen LogP contribution in [0, 0.1) is 24.1 Å². The number of nitrogens with zero attached hydrogens (tertiary/aromatic N) is 3. The number of nitrogens with one attached hydrogen (secondary N) is 1. The molecule has 0 aliphatic rings. The molecule has 0 saturated heterocycles. The number of nitriles is 1. The fourth-order valence-corrected chi connectivity index (χ4v) is 4.64. The summed E-state index contributed by atoms with van der Waals surface area (Å²) < 4.78 is 85.8. The highest BCUT2D eigenvalue weighted by molar-refractivity contribution is 7.89. The van der Waals surface area contributed by atoms with E-state index in [1.807, 2.05) is 6.07 Å². The minimum Gasteiger partial charge on any atom is -0.470 e. The SMILES string of the molecule is Cc1cc2c(cc1F)c(C#N)c(-c1ccc(S(=O)(=O)N[C@@H](C)C(F)(F)F)cn1)n2-c1ccoc1. The molecule has 1 atom stereocenters. The molecule has 0 fully saturated rings. The highest BCUT2D eigenvalue weighted by Crippen LogP contribution is 2.37. The molecular formula is C22H16F4N4O3S. The van der Waals surface area contributed by atoms with Gasteiger partial charge in [-0.1, -0.05) is 0 Å². The Balaban J connectivity index is 1.88. The summed E-state index contributed by atoms with van der Waals surface area (Å²) in [5.41, 5.74) is 1.81. The second kappa shape index (κ2) is 8.27. The summed E-state index contributed by atoms with van der Waals surface area (Å²) in [7, 11) is -4.52. The standard InChI is InChI=1S/C22H16F4N4O3S/c1-12-7-20-16(8-18(12)23)17(9-27)21(30(20)14-5-6-33-11-14)19-4-3-15(10-28-19)34(31,32)29-13(2)22(24,25)26/h3-8,10-11,13,29H,1-2H3/t13-/m0/s1. The molecule has 0 aliphatic carbocycles. The Labute approximate surface area is 191 Å². The van der Waals surface area contributed by atoms with E-state index < -0.39 is 33.0 Å². The average Bonchev–Trinajstić information content (AvgIpc) is 3.39. The van der Waals surface area contributed by atoms with Gasteiger partial charge in [0.05, 0.1) is 34.4 Å². The summed E-state index contributed by atoms with van der Waals surface area (Å²) >= 11 is 0. The first-order chi connectivity index (χ1) is 15.9. The number of benzene rings is 1. The fourth-order valence-electron chi connectivity index (χ4n) is 3.47. The van der Waals surface area contributed by atoms with Gasteiger partial charge in [0.2, 0.25) is 10.0 Å². The molecule has 7 nitrogen and oxygen atoms in total. The van der Waals surface area contributed by atoms with Gasteiger partial charge in [-0.25, -0.2) is 12.8 Å². The lowest BCUT2D eigenvalue weighted by atomic mass is 10.1. The first-order valence-corrected chi connectivity index (χ1v) is 11.2. The van der Waals surface area contributed by atoms with E-state index in [-0.39, 0.29) is 17.0 Å². The molecule has 0 radical (unpaired) electrons. The van der Waals surface area contributed by atoms with Crippen molar-refractivity contribution < 1.29 is 30.4 Å². The van der Waals surface area contributed by atoms with E-state index >= 15 is 0 Å². The van der Waals surface area contributed by atoms with Crippen molar-refractivity contribution in [2.24, 2.45) is 0 Å². The van der Waals surface area contributed by atoms with Crippen LogP contribution in [0.3, 0.4) is 0 Å². The molecule has 4 aromatic rings. The maximum Gasteiger partial charge on any atom is 0.404 e. The first kappa shape index (κ1) is 23.5. The maximum absolute atomic E-state index is 14.3. The Bertz CT molecular complexity index is 1520. The predicted octanol–water partition coefficient (Wildman–Crippen LogP) is 4.83. The highest BCUT2D eigenvalue weighted by Gasteiger charge is 2.39. The average molecular weight is 492 g/mol.